The largest absolute Gasteiger partial charge is 1.00 e. The van der Waals surface area contributed by atoms with Crippen LogP contribution in [-0.4, -0.2) is 31.2 Å². The van der Waals surface area contributed by atoms with Gasteiger partial charge in [-0.25, -0.2) is 0 Å². The van der Waals surface area contributed by atoms with E-state index in [4.69, 9.17) is 4.55 Å². The Morgan fingerprint density at radius 3 is 1.58 bits per heavy atom. The molecule has 0 aliphatic carbocycles. The van der Waals surface area contributed by atoms with Crippen molar-refractivity contribution in [1.82, 2.24) is 0 Å². The van der Waals surface area contributed by atoms with Crippen molar-refractivity contribution in [2.75, 3.05) is 12.3 Å². The smallest absolute Gasteiger partial charge is 0.859 e. The minimum absolute atomic E-state index is 0. The van der Waals surface area contributed by atoms with Crippen LogP contribution in [0.1, 0.15) is 135 Å². The fraction of sp³-hybridized carbons (Fsp3) is 0.885. The number of hydrogen-bond donors (Lipinski definition) is 1. The Hall–Kier alpha value is 0.756. The van der Waals surface area contributed by atoms with Crippen LogP contribution in [0.2, 0.25) is 0 Å². The van der Waals surface area contributed by atoms with Gasteiger partial charge in [-0.2, -0.15) is 8.42 Å². The van der Waals surface area contributed by atoms with Gasteiger partial charge in [0.2, 0.25) is 0 Å². The van der Waals surface area contributed by atoms with E-state index in [2.05, 4.69) is 11.9 Å². The first-order valence-electron chi connectivity index (χ1n) is 13.3. The predicted molar refractivity (Wildman–Crippen MR) is 136 cm³/mol. The molecule has 0 spiro atoms. The van der Waals surface area contributed by atoms with Crippen molar-refractivity contribution >= 4 is 16.0 Å². The van der Waals surface area contributed by atoms with Gasteiger partial charge in [0.15, 0.2) is 0 Å². The van der Waals surface area contributed by atoms with Crippen LogP contribution in [0.5, 0.6) is 0 Å². The van der Waals surface area contributed by atoms with E-state index in [1.165, 1.54) is 109 Å². The number of allylic oxidation sites excluding steroid dienone is 1. The predicted octanol–water partition coefficient (Wildman–Crippen LogP) is 4.02. The van der Waals surface area contributed by atoms with Crippen LogP contribution in [0, 0.1) is 0 Å². The SMILES string of the molecule is CCCCCCCCCCCCCCCCCCC/C=C/C([O-])=NCCCCS(=O)(=O)O.[K+]. The Balaban J connectivity index is 0. The molecule has 0 saturated heterocycles. The van der Waals surface area contributed by atoms with Crippen molar-refractivity contribution in [3.63, 3.8) is 0 Å². The van der Waals surface area contributed by atoms with Crippen LogP contribution >= 0.6 is 0 Å². The molecule has 0 aliphatic heterocycles. The molecule has 0 unspecified atom stereocenters. The van der Waals surface area contributed by atoms with Gasteiger partial charge in [-0.3, -0.25) is 4.55 Å². The van der Waals surface area contributed by atoms with Crippen molar-refractivity contribution in [3.8, 4) is 0 Å². The summed E-state index contributed by atoms with van der Waals surface area (Å²) in [6.45, 7) is 2.58. The Morgan fingerprint density at radius 1 is 0.727 bits per heavy atom. The number of rotatable bonds is 24. The molecule has 0 amide bonds. The van der Waals surface area contributed by atoms with Gasteiger partial charge in [0.05, 0.1) is 5.75 Å². The van der Waals surface area contributed by atoms with Gasteiger partial charge in [0, 0.05) is 6.54 Å². The summed E-state index contributed by atoms with van der Waals surface area (Å²) < 4.78 is 29.8. The molecule has 0 atom stereocenters. The Labute approximate surface area is 247 Å². The van der Waals surface area contributed by atoms with E-state index >= 15 is 0 Å². The van der Waals surface area contributed by atoms with Gasteiger partial charge in [-0.15, -0.1) is 0 Å². The average molecular weight is 512 g/mol. The third-order valence-electron chi connectivity index (χ3n) is 5.81. The van der Waals surface area contributed by atoms with E-state index in [9.17, 15) is 13.5 Å². The summed E-state index contributed by atoms with van der Waals surface area (Å²) in [6, 6.07) is 0. The van der Waals surface area contributed by atoms with Crippen molar-refractivity contribution in [3.05, 3.63) is 12.2 Å². The topological polar surface area (TPSA) is 89.8 Å². The third kappa shape index (κ3) is 32.8. The van der Waals surface area contributed by atoms with E-state index < -0.39 is 10.1 Å². The zero-order valence-corrected chi connectivity index (χ0v) is 25.7. The van der Waals surface area contributed by atoms with E-state index in [0.717, 1.165) is 12.8 Å². The number of aliphatic imine (C=N–C) groups is 1. The molecule has 0 aromatic heterocycles. The number of nitrogens with zero attached hydrogens (tertiary/aromatic N) is 1. The standard InChI is InChI=1S/C26H51NO4S.K/c1-2-3-4-5-6-7-8-9-10-11-12-13-14-15-16-17-18-19-20-23-26(28)27-24-21-22-25-32(29,30)31;/h20,23H,2-19,21-22,24-25H2,1H3,(H,27,28)(H,29,30,31);/q;+1/p-1/b23-20+;. The summed E-state index contributed by atoms with van der Waals surface area (Å²) in [6.07, 6.45) is 28.3. The van der Waals surface area contributed by atoms with Gasteiger partial charge in [0.25, 0.3) is 10.1 Å². The quantitative estimate of drug-likeness (QED) is 0.0697. The molecule has 0 bridgehead atoms. The second-order valence-corrected chi connectivity index (χ2v) is 10.6. The van der Waals surface area contributed by atoms with Gasteiger partial charge >= 0.3 is 51.4 Å². The maximum absolute atomic E-state index is 11.6. The van der Waals surface area contributed by atoms with Gasteiger partial charge < -0.3 is 10.1 Å². The van der Waals surface area contributed by atoms with Crippen LogP contribution in [-0.2, 0) is 10.1 Å². The van der Waals surface area contributed by atoms with Crippen LogP contribution in [0.3, 0.4) is 0 Å². The molecule has 0 heterocycles. The second kappa shape index (κ2) is 27.3. The van der Waals surface area contributed by atoms with Crippen LogP contribution in [0.15, 0.2) is 17.1 Å². The molecule has 0 saturated carbocycles. The summed E-state index contributed by atoms with van der Waals surface area (Å²) in [5.41, 5.74) is 0. The molecule has 0 aromatic rings. The molecule has 33 heavy (non-hydrogen) atoms. The molecule has 0 aromatic carbocycles. The van der Waals surface area contributed by atoms with E-state index in [-0.39, 0.29) is 63.0 Å². The zero-order valence-electron chi connectivity index (χ0n) is 21.7. The summed E-state index contributed by atoms with van der Waals surface area (Å²) in [5.74, 6) is -0.532. The summed E-state index contributed by atoms with van der Waals surface area (Å²) in [5, 5.41) is 11.6. The molecular formula is C26H50KNO4S. The Bertz CT molecular complexity index is 565. The van der Waals surface area contributed by atoms with Gasteiger partial charge in [0.1, 0.15) is 0 Å². The number of unbranched alkanes of at least 4 members (excludes halogenated alkanes) is 18. The molecule has 190 valence electrons. The third-order valence-corrected chi connectivity index (χ3v) is 6.62. The monoisotopic (exact) mass is 511 g/mol. The Morgan fingerprint density at radius 2 is 1.15 bits per heavy atom. The molecule has 0 fully saturated rings. The first-order chi connectivity index (χ1) is 15.5. The normalized spacial score (nSPS) is 12.4. The minimum Gasteiger partial charge on any atom is -0.859 e. The van der Waals surface area contributed by atoms with Crippen molar-refractivity contribution in [2.24, 2.45) is 4.99 Å². The zero-order chi connectivity index (χ0) is 23.8. The molecule has 1 N–H and O–H groups in total. The molecule has 5 nitrogen and oxygen atoms in total. The summed E-state index contributed by atoms with van der Waals surface area (Å²) in [4.78, 5) is 3.86. The van der Waals surface area contributed by atoms with Crippen molar-refractivity contribution in [1.29, 1.82) is 0 Å². The average Bonchev–Trinajstić information content (AvgIpc) is 2.74. The fourth-order valence-corrected chi connectivity index (χ4v) is 4.38. The van der Waals surface area contributed by atoms with E-state index in [0.29, 0.717) is 19.4 Å². The van der Waals surface area contributed by atoms with Crippen molar-refractivity contribution in [2.45, 2.75) is 135 Å². The second-order valence-electron chi connectivity index (χ2n) is 9.06. The van der Waals surface area contributed by atoms with Crippen molar-refractivity contribution < 1.29 is 69.5 Å². The first-order valence-corrected chi connectivity index (χ1v) is 14.9. The van der Waals surface area contributed by atoms with Gasteiger partial charge in [-0.05, 0) is 31.6 Å². The molecular weight excluding hydrogens is 461 g/mol. The summed E-state index contributed by atoms with van der Waals surface area (Å²) in [7, 11) is -3.91. The Kier molecular flexibility index (Phi) is 29.8. The van der Waals surface area contributed by atoms with Crippen LogP contribution in [0.25, 0.3) is 0 Å². The van der Waals surface area contributed by atoms with E-state index in [1.54, 1.807) is 0 Å². The fourth-order valence-electron chi connectivity index (χ4n) is 3.81. The van der Waals surface area contributed by atoms with E-state index in [1.807, 2.05) is 6.08 Å². The maximum Gasteiger partial charge on any atom is 1.00 e. The van der Waals surface area contributed by atoms with Crippen LogP contribution in [0.4, 0.5) is 0 Å². The first kappa shape index (κ1) is 35.9. The molecule has 0 aliphatic rings. The maximum atomic E-state index is 11.6. The molecule has 0 radical (unpaired) electrons. The minimum atomic E-state index is -3.91. The van der Waals surface area contributed by atoms with Gasteiger partial charge in [-0.1, -0.05) is 122 Å². The number of hydrogen-bond acceptors (Lipinski definition) is 4. The molecule has 0 rings (SSSR count). The summed E-state index contributed by atoms with van der Waals surface area (Å²) >= 11 is 0. The van der Waals surface area contributed by atoms with Crippen LogP contribution < -0.4 is 56.5 Å². The molecule has 7 heteroatoms.